The van der Waals surface area contributed by atoms with Crippen LogP contribution in [-0.2, 0) is 9.59 Å². The Morgan fingerprint density at radius 3 is 2.55 bits per heavy atom. The second kappa shape index (κ2) is 6.27. The number of hydrazine groups is 1. The van der Waals surface area contributed by atoms with Gasteiger partial charge in [-0.25, -0.2) is 0 Å². The molecule has 22 heavy (non-hydrogen) atoms. The number of nitrogens with two attached hydrogens (primary N) is 1. The Labute approximate surface area is 129 Å². The van der Waals surface area contributed by atoms with Crippen LogP contribution in [-0.4, -0.2) is 22.9 Å². The number of halogens is 1. The number of aryl methyl sites for hydroxylation is 1. The summed E-state index contributed by atoms with van der Waals surface area (Å²) in [5, 5.41) is 4.19. The first-order valence-corrected chi connectivity index (χ1v) is 6.41. The van der Waals surface area contributed by atoms with Gasteiger partial charge in [-0.3, -0.25) is 25.2 Å². The summed E-state index contributed by atoms with van der Waals surface area (Å²) in [5.74, 6) is -2.88. The molecule has 0 aliphatic carbocycles. The van der Waals surface area contributed by atoms with Crippen LogP contribution in [0.3, 0.4) is 0 Å². The Bertz CT molecular complexity index is 756. The quantitative estimate of drug-likeness (QED) is 0.549. The molecule has 9 heteroatoms. The third-order valence-electron chi connectivity index (χ3n) is 2.73. The Morgan fingerprint density at radius 1 is 1.23 bits per heavy atom. The number of hydrogen-bond acceptors (Lipinski definition) is 5. The van der Waals surface area contributed by atoms with Crippen molar-refractivity contribution in [3.63, 3.8) is 0 Å². The van der Waals surface area contributed by atoms with Gasteiger partial charge in [-0.1, -0.05) is 35.0 Å². The van der Waals surface area contributed by atoms with E-state index in [2.05, 4.69) is 10.6 Å². The summed E-state index contributed by atoms with van der Waals surface area (Å²) in [6, 6.07) is 6.75. The minimum Gasteiger partial charge on any atom is -0.361 e. The lowest BCUT2D eigenvalue weighted by atomic mass is 10.1. The standard InChI is InChI=1S/C13H11ClN4O4/c1-6-9(12(20)16-17-13(21)11(15)19)10(18-22-6)7-4-2-3-5-8(7)14/h2-5H,1H3,(H2,15,19)(H,16,20)(H,17,21). The Morgan fingerprint density at radius 2 is 1.91 bits per heavy atom. The highest BCUT2D eigenvalue weighted by atomic mass is 35.5. The second-order valence-corrected chi connectivity index (χ2v) is 4.62. The highest BCUT2D eigenvalue weighted by molar-refractivity contribution is 6.34. The molecule has 3 amide bonds. The van der Waals surface area contributed by atoms with E-state index in [4.69, 9.17) is 21.9 Å². The highest BCUT2D eigenvalue weighted by Gasteiger charge is 2.23. The molecule has 0 radical (unpaired) electrons. The fourth-order valence-electron chi connectivity index (χ4n) is 1.71. The van der Waals surface area contributed by atoms with E-state index in [9.17, 15) is 14.4 Å². The normalized spacial score (nSPS) is 10.1. The van der Waals surface area contributed by atoms with Gasteiger partial charge in [0.05, 0.1) is 5.02 Å². The number of amides is 3. The first kappa shape index (κ1) is 15.5. The number of nitrogens with zero attached hydrogens (tertiary/aromatic N) is 1. The highest BCUT2D eigenvalue weighted by Crippen LogP contribution is 2.30. The minimum atomic E-state index is -1.23. The molecule has 0 aliphatic rings. The van der Waals surface area contributed by atoms with Gasteiger partial charge in [0, 0.05) is 5.56 Å². The van der Waals surface area contributed by atoms with E-state index in [0.29, 0.717) is 10.6 Å². The van der Waals surface area contributed by atoms with Crippen molar-refractivity contribution in [1.29, 1.82) is 0 Å². The van der Waals surface area contributed by atoms with E-state index in [-0.39, 0.29) is 17.0 Å². The van der Waals surface area contributed by atoms with Gasteiger partial charge in [-0.2, -0.15) is 0 Å². The number of hydrogen-bond donors (Lipinski definition) is 3. The number of carbonyl (C=O) groups excluding carboxylic acids is 3. The zero-order valence-electron chi connectivity index (χ0n) is 11.3. The van der Waals surface area contributed by atoms with Crippen LogP contribution in [0.4, 0.5) is 0 Å². The minimum absolute atomic E-state index is 0.0814. The largest absolute Gasteiger partial charge is 0.361 e. The van der Waals surface area contributed by atoms with Crippen molar-refractivity contribution in [2.24, 2.45) is 5.73 Å². The maximum Gasteiger partial charge on any atom is 0.327 e. The van der Waals surface area contributed by atoms with Gasteiger partial charge in [-0.15, -0.1) is 0 Å². The van der Waals surface area contributed by atoms with E-state index in [1.807, 2.05) is 5.43 Å². The molecule has 1 aromatic carbocycles. The number of aromatic nitrogens is 1. The van der Waals surface area contributed by atoms with Gasteiger partial charge >= 0.3 is 11.8 Å². The molecule has 0 fully saturated rings. The maximum atomic E-state index is 12.1. The molecule has 1 aromatic heterocycles. The van der Waals surface area contributed by atoms with Crippen molar-refractivity contribution in [3.05, 3.63) is 40.6 Å². The number of primary amides is 1. The number of benzene rings is 1. The van der Waals surface area contributed by atoms with E-state index in [1.165, 1.54) is 6.92 Å². The summed E-state index contributed by atoms with van der Waals surface area (Å²) < 4.78 is 5.01. The summed E-state index contributed by atoms with van der Waals surface area (Å²) in [4.78, 5) is 33.8. The summed E-state index contributed by atoms with van der Waals surface area (Å²) in [5.41, 5.74) is 9.48. The molecule has 2 aromatic rings. The third-order valence-corrected chi connectivity index (χ3v) is 3.06. The summed E-state index contributed by atoms with van der Waals surface area (Å²) in [7, 11) is 0. The zero-order valence-corrected chi connectivity index (χ0v) is 12.1. The fourth-order valence-corrected chi connectivity index (χ4v) is 1.94. The molecule has 0 spiro atoms. The lowest BCUT2D eigenvalue weighted by Gasteiger charge is -2.06. The molecule has 0 saturated heterocycles. The van der Waals surface area contributed by atoms with Crippen molar-refractivity contribution in [3.8, 4) is 11.3 Å². The van der Waals surface area contributed by atoms with Crippen molar-refractivity contribution in [2.75, 3.05) is 0 Å². The molecular formula is C13H11ClN4O4. The van der Waals surface area contributed by atoms with Gasteiger partial charge in [-0.05, 0) is 13.0 Å². The topological polar surface area (TPSA) is 127 Å². The van der Waals surface area contributed by atoms with Gasteiger partial charge in [0.15, 0.2) is 0 Å². The first-order chi connectivity index (χ1) is 10.4. The third kappa shape index (κ3) is 3.07. The molecule has 0 saturated carbocycles. The molecular weight excluding hydrogens is 312 g/mol. The average Bonchev–Trinajstić information content (AvgIpc) is 2.86. The smallest absolute Gasteiger partial charge is 0.327 e. The van der Waals surface area contributed by atoms with Crippen molar-refractivity contribution in [2.45, 2.75) is 6.92 Å². The SMILES string of the molecule is Cc1onc(-c2ccccc2Cl)c1C(=O)NNC(=O)C(N)=O. The predicted molar refractivity (Wildman–Crippen MR) is 76.5 cm³/mol. The molecule has 1 heterocycles. The lowest BCUT2D eigenvalue weighted by Crippen LogP contribution is -2.47. The maximum absolute atomic E-state index is 12.1. The van der Waals surface area contributed by atoms with Gasteiger partial charge < -0.3 is 10.3 Å². The molecule has 114 valence electrons. The molecule has 0 atom stereocenters. The van der Waals surface area contributed by atoms with Crippen LogP contribution in [0.5, 0.6) is 0 Å². The van der Waals surface area contributed by atoms with Crippen molar-refractivity contribution in [1.82, 2.24) is 16.0 Å². The van der Waals surface area contributed by atoms with Gasteiger partial charge in [0.1, 0.15) is 17.0 Å². The summed E-state index contributed by atoms with van der Waals surface area (Å²) >= 11 is 6.07. The monoisotopic (exact) mass is 322 g/mol. The van der Waals surface area contributed by atoms with Crippen LogP contribution < -0.4 is 16.6 Å². The van der Waals surface area contributed by atoms with Crippen LogP contribution >= 0.6 is 11.6 Å². The van der Waals surface area contributed by atoms with E-state index >= 15 is 0 Å². The van der Waals surface area contributed by atoms with Crippen LogP contribution in [0.1, 0.15) is 16.1 Å². The molecule has 4 N–H and O–H groups in total. The molecule has 0 bridgehead atoms. The van der Waals surface area contributed by atoms with Gasteiger partial charge in [0.2, 0.25) is 0 Å². The van der Waals surface area contributed by atoms with Crippen LogP contribution in [0.15, 0.2) is 28.8 Å². The average molecular weight is 323 g/mol. The molecule has 0 unspecified atom stereocenters. The first-order valence-electron chi connectivity index (χ1n) is 6.03. The van der Waals surface area contributed by atoms with E-state index in [1.54, 1.807) is 24.3 Å². The van der Waals surface area contributed by atoms with Crippen LogP contribution in [0.25, 0.3) is 11.3 Å². The van der Waals surface area contributed by atoms with E-state index in [0.717, 1.165) is 0 Å². The Hall–Kier alpha value is -2.87. The van der Waals surface area contributed by atoms with Crippen LogP contribution in [0.2, 0.25) is 5.02 Å². The fraction of sp³-hybridized carbons (Fsp3) is 0.0769. The zero-order chi connectivity index (χ0) is 16.3. The number of rotatable bonds is 2. The Balaban J connectivity index is 2.30. The number of carbonyl (C=O) groups is 3. The van der Waals surface area contributed by atoms with Crippen molar-refractivity contribution < 1.29 is 18.9 Å². The molecule has 2 rings (SSSR count). The molecule has 8 nitrogen and oxygen atoms in total. The van der Waals surface area contributed by atoms with Crippen molar-refractivity contribution >= 4 is 29.3 Å². The predicted octanol–water partition coefficient (Wildman–Crippen LogP) is 0.550. The van der Waals surface area contributed by atoms with Crippen LogP contribution in [0, 0.1) is 6.92 Å². The number of nitrogens with one attached hydrogen (secondary N) is 2. The summed E-state index contributed by atoms with van der Waals surface area (Å²) in [6.45, 7) is 1.53. The molecule has 0 aliphatic heterocycles. The Kier molecular flexibility index (Phi) is 4.42. The second-order valence-electron chi connectivity index (χ2n) is 4.21. The van der Waals surface area contributed by atoms with Gasteiger partial charge in [0.25, 0.3) is 5.91 Å². The van der Waals surface area contributed by atoms with E-state index < -0.39 is 17.7 Å². The summed E-state index contributed by atoms with van der Waals surface area (Å²) in [6.07, 6.45) is 0. The lowest BCUT2D eigenvalue weighted by molar-refractivity contribution is -0.137.